The first-order valence-electron chi connectivity index (χ1n) is 4.01. The Bertz CT molecular complexity index is 446. The zero-order chi connectivity index (χ0) is 11.1. The number of carbonyl (C=O) groups is 1. The molecule has 0 unspecified atom stereocenters. The van der Waals surface area contributed by atoms with E-state index in [4.69, 9.17) is 13.0 Å². The first-order chi connectivity index (χ1) is 7.27. The van der Waals surface area contributed by atoms with E-state index < -0.39 is 5.97 Å². The van der Waals surface area contributed by atoms with Crippen LogP contribution in [0.3, 0.4) is 0 Å². The van der Waals surface area contributed by atoms with Gasteiger partial charge in [0.1, 0.15) is 0 Å². The molecule has 0 saturated heterocycles. The lowest BCUT2D eigenvalue weighted by molar-refractivity contribution is -0.137. The number of hydrogen-bond acceptors (Lipinski definition) is 3. The van der Waals surface area contributed by atoms with Crippen molar-refractivity contribution in [3.05, 3.63) is 39.5 Å². The quantitative estimate of drug-likeness (QED) is 0.336. The second-order valence-electron chi connectivity index (χ2n) is 2.44. The molecule has 15 heavy (non-hydrogen) atoms. The average Bonchev–Trinajstić information content (AvgIpc) is 2.75. The topological polar surface area (TPSA) is 30.7 Å². The summed E-state index contributed by atoms with van der Waals surface area (Å²) >= 11 is 1.44. The average molecular weight is 217 g/mol. The Morgan fingerprint density at radius 3 is 3.13 bits per heavy atom. The van der Waals surface area contributed by atoms with E-state index in [9.17, 15) is 4.79 Å². The van der Waals surface area contributed by atoms with E-state index in [1.165, 1.54) is 17.4 Å². The van der Waals surface area contributed by atoms with Crippen molar-refractivity contribution in [3.63, 3.8) is 0 Å². The van der Waals surface area contributed by atoms with Crippen LogP contribution < -0.4 is 0 Å². The van der Waals surface area contributed by atoms with Gasteiger partial charge in [-0.25, -0.2) is 4.85 Å². The summed E-state index contributed by atoms with van der Waals surface area (Å²) in [5, 5.41) is 1.86. The van der Waals surface area contributed by atoms with Crippen molar-refractivity contribution in [1.82, 2.24) is 0 Å². The zero-order valence-corrected chi connectivity index (χ0v) is 8.58. The number of hydrogen-bond donors (Lipinski definition) is 0. The van der Waals surface area contributed by atoms with Crippen LogP contribution in [0.25, 0.3) is 10.9 Å². The van der Waals surface area contributed by atoms with Crippen molar-refractivity contribution in [2.24, 2.45) is 0 Å². The Labute approximate surface area is 91.8 Å². The molecular formula is C11H7NO2S. The summed E-state index contributed by atoms with van der Waals surface area (Å²) in [6, 6.07) is 3.65. The summed E-state index contributed by atoms with van der Waals surface area (Å²) in [7, 11) is 0. The van der Waals surface area contributed by atoms with Crippen molar-refractivity contribution in [2.45, 2.75) is 0 Å². The third-order valence-electron chi connectivity index (χ3n) is 1.44. The maximum Gasteiger partial charge on any atom is 0.337 e. The van der Waals surface area contributed by atoms with Gasteiger partial charge in [0.15, 0.2) is 6.61 Å². The summed E-state index contributed by atoms with van der Waals surface area (Å²) in [6.45, 7) is 6.72. The van der Waals surface area contributed by atoms with E-state index in [0.29, 0.717) is 0 Å². The summed E-state index contributed by atoms with van der Waals surface area (Å²) < 4.78 is 4.64. The first kappa shape index (κ1) is 11.0. The maximum absolute atomic E-state index is 11.3. The van der Waals surface area contributed by atoms with Crippen LogP contribution in [0.2, 0.25) is 0 Å². The highest BCUT2D eigenvalue weighted by Gasteiger charge is 2.10. The predicted molar refractivity (Wildman–Crippen MR) is 58.7 cm³/mol. The van der Waals surface area contributed by atoms with E-state index in [-0.39, 0.29) is 12.3 Å². The van der Waals surface area contributed by atoms with Gasteiger partial charge in [0, 0.05) is 4.88 Å². The Hall–Kier alpha value is -2.04. The number of esters is 1. The summed E-state index contributed by atoms with van der Waals surface area (Å²) in [5.41, 5.74) is -0.0623. The molecule has 0 aromatic carbocycles. The highest BCUT2D eigenvalue weighted by atomic mass is 32.1. The molecule has 0 N–H and O–H groups in total. The summed E-state index contributed by atoms with van der Waals surface area (Å²) in [5.74, 6) is 1.48. The number of carbonyl (C=O) groups excluding carboxylic acids is 1. The minimum atomic E-state index is -0.684. The third-order valence-corrected chi connectivity index (χ3v) is 2.26. The van der Waals surface area contributed by atoms with Crippen molar-refractivity contribution in [1.29, 1.82) is 0 Å². The molecule has 0 spiro atoms. The van der Waals surface area contributed by atoms with Crippen LogP contribution in [0.4, 0.5) is 0 Å². The molecule has 0 aliphatic heterocycles. The minimum absolute atomic E-state index is 0.0623. The van der Waals surface area contributed by atoms with Gasteiger partial charge in [-0.2, -0.15) is 0 Å². The number of thiophene rings is 1. The lowest BCUT2D eigenvalue weighted by atomic mass is 10.3. The number of terminal acetylenes is 1. The molecule has 0 saturated carbocycles. The van der Waals surface area contributed by atoms with E-state index >= 15 is 0 Å². The zero-order valence-electron chi connectivity index (χ0n) is 7.77. The molecule has 1 aromatic rings. The molecular weight excluding hydrogens is 210 g/mol. The van der Waals surface area contributed by atoms with Gasteiger partial charge in [0.2, 0.25) is 0 Å². The van der Waals surface area contributed by atoms with Crippen LogP contribution in [0.1, 0.15) is 4.88 Å². The van der Waals surface area contributed by atoms with Crippen molar-refractivity contribution < 1.29 is 9.53 Å². The van der Waals surface area contributed by atoms with E-state index in [0.717, 1.165) is 4.88 Å². The van der Waals surface area contributed by atoms with Crippen molar-refractivity contribution in [2.75, 3.05) is 6.61 Å². The van der Waals surface area contributed by atoms with Gasteiger partial charge in [-0.3, -0.25) is 4.79 Å². The molecule has 3 nitrogen and oxygen atoms in total. The van der Waals surface area contributed by atoms with Gasteiger partial charge >= 0.3 is 5.97 Å². The molecule has 0 amide bonds. The predicted octanol–water partition coefficient (Wildman–Crippen LogP) is 2.18. The third kappa shape index (κ3) is 3.30. The Morgan fingerprint density at radius 1 is 1.80 bits per heavy atom. The standard InChI is InChI=1S/C11H7NO2S/c1-3-6-14-11(13)10(12-2)8-9-5-4-7-15-9/h1,4-5,7-8H,6H2. The number of ether oxygens (including phenoxy) is 1. The first-order valence-corrected chi connectivity index (χ1v) is 4.89. The van der Waals surface area contributed by atoms with Crippen LogP contribution >= 0.6 is 11.3 Å². The second-order valence-corrected chi connectivity index (χ2v) is 3.42. The molecule has 0 atom stereocenters. The van der Waals surface area contributed by atoms with Crippen LogP contribution in [-0.2, 0) is 9.53 Å². The van der Waals surface area contributed by atoms with Crippen LogP contribution in [0, 0.1) is 18.9 Å². The molecule has 0 fully saturated rings. The fraction of sp³-hybridized carbons (Fsp3) is 0.0909. The van der Waals surface area contributed by atoms with Gasteiger partial charge < -0.3 is 4.74 Å². The summed E-state index contributed by atoms with van der Waals surface area (Å²) in [6.07, 6.45) is 6.41. The Balaban J connectivity index is 2.77. The van der Waals surface area contributed by atoms with Gasteiger partial charge in [-0.05, 0) is 17.5 Å². The molecule has 4 heteroatoms. The molecule has 1 aromatic heterocycles. The highest BCUT2D eigenvalue weighted by Crippen LogP contribution is 2.14. The van der Waals surface area contributed by atoms with Gasteiger partial charge in [0.05, 0.1) is 6.57 Å². The fourth-order valence-electron chi connectivity index (χ4n) is 0.826. The highest BCUT2D eigenvalue weighted by molar-refractivity contribution is 7.10. The van der Waals surface area contributed by atoms with Crippen LogP contribution in [-0.4, -0.2) is 12.6 Å². The van der Waals surface area contributed by atoms with E-state index in [1.807, 2.05) is 17.5 Å². The van der Waals surface area contributed by atoms with Gasteiger partial charge in [-0.1, -0.05) is 12.0 Å². The lowest BCUT2D eigenvalue weighted by Gasteiger charge is -1.97. The normalized spacial score (nSPS) is 10.1. The van der Waals surface area contributed by atoms with Crippen molar-refractivity contribution >= 4 is 23.4 Å². The SMILES string of the molecule is [C-]#[N+]C(=Cc1cccs1)C(=O)OCC#C. The summed E-state index contributed by atoms with van der Waals surface area (Å²) in [4.78, 5) is 15.2. The largest absolute Gasteiger partial charge is 0.457 e. The number of rotatable bonds is 3. The monoisotopic (exact) mass is 217 g/mol. The molecule has 1 heterocycles. The lowest BCUT2D eigenvalue weighted by Crippen LogP contribution is -2.05. The molecule has 0 radical (unpaired) electrons. The van der Waals surface area contributed by atoms with Crippen molar-refractivity contribution in [3.8, 4) is 12.3 Å². The van der Waals surface area contributed by atoms with Gasteiger partial charge in [-0.15, -0.1) is 17.8 Å². The van der Waals surface area contributed by atoms with Gasteiger partial charge in [0.25, 0.3) is 5.70 Å². The molecule has 0 bridgehead atoms. The fourth-order valence-corrected chi connectivity index (χ4v) is 1.48. The molecule has 0 aliphatic rings. The smallest absolute Gasteiger partial charge is 0.337 e. The second kappa shape index (κ2) is 5.64. The molecule has 1 rings (SSSR count). The minimum Gasteiger partial charge on any atom is -0.457 e. The molecule has 0 aliphatic carbocycles. The van der Waals surface area contributed by atoms with Crippen LogP contribution in [0.15, 0.2) is 23.2 Å². The van der Waals surface area contributed by atoms with E-state index in [1.54, 1.807) is 0 Å². The maximum atomic E-state index is 11.3. The Morgan fingerprint density at radius 2 is 2.60 bits per heavy atom. The Kier molecular flexibility index (Phi) is 4.15. The number of nitrogens with zero attached hydrogens (tertiary/aromatic N) is 1. The van der Waals surface area contributed by atoms with E-state index in [2.05, 4.69) is 15.5 Å². The van der Waals surface area contributed by atoms with Crippen LogP contribution in [0.5, 0.6) is 0 Å². The molecule has 74 valence electrons.